The highest BCUT2D eigenvalue weighted by atomic mass is 16.7. The number of phenolic OH excluding ortho intramolecular Hbond substituents is 2. The van der Waals surface area contributed by atoms with Crippen LogP contribution in [0.2, 0.25) is 0 Å². The second-order valence-electron chi connectivity index (χ2n) is 15.0. The number of ether oxygens (including phenoxy) is 1. The highest BCUT2D eigenvalue weighted by Gasteiger charge is 2.56. The van der Waals surface area contributed by atoms with Gasteiger partial charge in [0.1, 0.15) is 23.0 Å². The Labute approximate surface area is 270 Å². The Morgan fingerprint density at radius 2 is 0.826 bits per heavy atom. The summed E-state index contributed by atoms with van der Waals surface area (Å²) in [7, 11) is -1.12. The minimum Gasteiger partial charge on any atom is -0.508 e. The number of hydrogen-bond donors (Lipinski definition) is 2. The van der Waals surface area contributed by atoms with Gasteiger partial charge in [-0.2, -0.15) is 0 Å². The van der Waals surface area contributed by atoms with Crippen molar-refractivity contribution in [1.82, 2.24) is 0 Å². The largest absolute Gasteiger partial charge is 0.508 e. The van der Waals surface area contributed by atoms with Crippen molar-refractivity contribution in [3.05, 3.63) is 95.1 Å². The zero-order valence-corrected chi connectivity index (χ0v) is 27.5. The second-order valence-corrected chi connectivity index (χ2v) is 15.0. The molecule has 0 bridgehead atoms. The van der Waals surface area contributed by atoms with E-state index in [4.69, 9.17) is 23.4 Å². The van der Waals surface area contributed by atoms with Gasteiger partial charge in [0.25, 0.3) is 0 Å². The number of benzene rings is 4. The number of aromatic hydroxyl groups is 2. The third-order valence-electron chi connectivity index (χ3n) is 11.2. The molecule has 3 aliphatic heterocycles. The normalized spacial score (nSPS) is 21.8. The van der Waals surface area contributed by atoms with Crippen LogP contribution >= 0.6 is 0 Å². The predicted molar refractivity (Wildman–Crippen MR) is 179 cm³/mol. The average molecular weight is 616 g/mol. The number of phenols is 2. The van der Waals surface area contributed by atoms with Crippen LogP contribution in [0.5, 0.6) is 23.0 Å². The van der Waals surface area contributed by atoms with Gasteiger partial charge in [-0.25, -0.2) is 0 Å². The molecule has 1 aliphatic carbocycles. The first-order chi connectivity index (χ1) is 21.5. The summed E-state index contributed by atoms with van der Waals surface area (Å²) in [6.07, 6.45) is 0. The summed E-state index contributed by atoms with van der Waals surface area (Å²) in [6, 6.07) is 23.4. The lowest BCUT2D eigenvalue weighted by molar-refractivity contribution is 0.00578. The Morgan fingerprint density at radius 1 is 0.457 bits per heavy atom. The van der Waals surface area contributed by atoms with E-state index in [0.717, 1.165) is 44.3 Å². The summed E-state index contributed by atoms with van der Waals surface area (Å²) in [5.41, 5.74) is 4.90. The van der Waals surface area contributed by atoms with E-state index in [-0.39, 0.29) is 11.5 Å². The number of hydrogen-bond acceptors (Lipinski definition) is 7. The van der Waals surface area contributed by atoms with Gasteiger partial charge in [0, 0.05) is 23.3 Å². The predicted octanol–water partition coefficient (Wildman–Crippen LogP) is 6.17. The van der Waals surface area contributed by atoms with Crippen LogP contribution in [-0.2, 0) is 24.0 Å². The van der Waals surface area contributed by atoms with Gasteiger partial charge >= 0.3 is 14.2 Å². The van der Waals surface area contributed by atoms with Crippen molar-refractivity contribution >= 4 is 25.2 Å². The van der Waals surface area contributed by atoms with Crippen molar-refractivity contribution in [2.45, 2.75) is 83.2 Å². The Kier molecular flexibility index (Phi) is 5.92. The molecule has 2 saturated heterocycles. The maximum atomic E-state index is 10.6. The molecule has 234 valence electrons. The van der Waals surface area contributed by atoms with Gasteiger partial charge < -0.3 is 33.6 Å². The Morgan fingerprint density at radius 3 is 1.20 bits per heavy atom. The molecular weight excluding hydrogens is 578 g/mol. The Balaban J connectivity index is 1.40. The van der Waals surface area contributed by atoms with Crippen LogP contribution in [0.15, 0.2) is 72.8 Å². The van der Waals surface area contributed by atoms with Crippen molar-refractivity contribution < 1.29 is 33.6 Å². The van der Waals surface area contributed by atoms with E-state index in [1.54, 1.807) is 24.3 Å². The molecule has 0 aromatic heterocycles. The molecule has 9 heteroatoms. The maximum absolute atomic E-state index is 10.6. The van der Waals surface area contributed by atoms with Crippen molar-refractivity contribution in [3.8, 4) is 34.1 Å². The fraction of sp³-hybridized carbons (Fsp3) is 0.351. The second kappa shape index (κ2) is 9.20. The molecule has 1 spiro atoms. The van der Waals surface area contributed by atoms with Crippen molar-refractivity contribution in [2.75, 3.05) is 0 Å². The van der Waals surface area contributed by atoms with Gasteiger partial charge in [-0.1, -0.05) is 48.5 Å². The van der Waals surface area contributed by atoms with Gasteiger partial charge in [-0.15, -0.1) is 0 Å². The highest BCUT2D eigenvalue weighted by Crippen LogP contribution is 2.62. The molecule has 0 amide bonds. The minimum absolute atomic E-state index is 0.0906. The van der Waals surface area contributed by atoms with Gasteiger partial charge in [-0.3, -0.25) is 0 Å². The van der Waals surface area contributed by atoms with Crippen LogP contribution in [0, 0.1) is 0 Å². The minimum atomic E-state index is -0.867. The van der Waals surface area contributed by atoms with Crippen LogP contribution in [0.1, 0.15) is 77.6 Å². The summed E-state index contributed by atoms with van der Waals surface area (Å²) in [5, 5.41) is 21.2. The molecule has 3 heterocycles. The van der Waals surface area contributed by atoms with Crippen LogP contribution < -0.4 is 15.7 Å². The molecular formula is C37H38B2O7. The molecule has 8 rings (SSSR count). The molecule has 2 N–H and O–H groups in total. The third kappa shape index (κ3) is 3.89. The first kappa shape index (κ1) is 29.6. The zero-order valence-electron chi connectivity index (χ0n) is 27.5. The summed E-state index contributed by atoms with van der Waals surface area (Å²) >= 11 is 0. The topological polar surface area (TPSA) is 86.6 Å². The number of rotatable bonds is 2. The van der Waals surface area contributed by atoms with Gasteiger partial charge in [0.2, 0.25) is 0 Å². The Bertz CT molecular complexity index is 1780. The summed E-state index contributed by atoms with van der Waals surface area (Å²) in [5.74, 6) is 1.21. The molecule has 0 unspecified atom stereocenters. The molecule has 0 atom stereocenters. The molecule has 2 fully saturated rings. The first-order valence-corrected chi connectivity index (χ1v) is 15.9. The number of fused-ring (bicyclic) bond motifs is 9. The summed E-state index contributed by atoms with van der Waals surface area (Å²) in [4.78, 5) is 0. The molecule has 4 aliphatic rings. The van der Waals surface area contributed by atoms with Gasteiger partial charge in [0.15, 0.2) is 0 Å². The lowest BCUT2D eigenvalue weighted by Crippen LogP contribution is -2.41. The van der Waals surface area contributed by atoms with E-state index < -0.39 is 42.1 Å². The fourth-order valence-electron chi connectivity index (χ4n) is 7.26. The highest BCUT2D eigenvalue weighted by molar-refractivity contribution is 6.62. The lowest BCUT2D eigenvalue weighted by Gasteiger charge is -2.39. The quantitative estimate of drug-likeness (QED) is 0.225. The van der Waals surface area contributed by atoms with Crippen molar-refractivity contribution in [3.63, 3.8) is 0 Å². The van der Waals surface area contributed by atoms with Gasteiger partial charge in [0.05, 0.1) is 27.8 Å². The molecule has 4 aromatic carbocycles. The van der Waals surface area contributed by atoms with E-state index in [1.165, 1.54) is 0 Å². The van der Waals surface area contributed by atoms with Crippen LogP contribution in [0.4, 0.5) is 0 Å². The van der Waals surface area contributed by atoms with Crippen molar-refractivity contribution in [2.24, 2.45) is 0 Å². The van der Waals surface area contributed by atoms with E-state index in [2.05, 4.69) is 91.8 Å². The third-order valence-corrected chi connectivity index (χ3v) is 11.2. The van der Waals surface area contributed by atoms with E-state index >= 15 is 0 Å². The van der Waals surface area contributed by atoms with Crippen molar-refractivity contribution in [1.29, 1.82) is 0 Å². The molecule has 46 heavy (non-hydrogen) atoms. The zero-order chi connectivity index (χ0) is 32.6. The smallest absolute Gasteiger partial charge is 0.494 e. The standard InChI is InChI=1S/C37H38B2O7/c1-33(2)34(3,4)44-38(43-33)21-9-13-25-26-14-10-22(39-45-35(5,6)36(7,8)46-39)18-30(26)37(29(25)17-21)27-15-11-23(40)19-31(27)42-32-20-24(41)12-16-28(32)37/h9-20,40-41H,1-8H3. The Hall–Kier alpha value is -3.75. The summed E-state index contributed by atoms with van der Waals surface area (Å²) in [6.45, 7) is 16.4. The summed E-state index contributed by atoms with van der Waals surface area (Å²) < 4.78 is 32.5. The van der Waals surface area contributed by atoms with Gasteiger partial charge in [-0.05, 0) is 101 Å². The van der Waals surface area contributed by atoms with Crippen LogP contribution in [0.25, 0.3) is 11.1 Å². The SMILES string of the molecule is CC1(C)OB(c2ccc3c(c2)C2(c4ccc(O)cc4Oc4cc(O)ccc42)c2cc(B4OC(C)(C)C(C)(C)O4)ccc2-3)OC1(C)C. The lowest BCUT2D eigenvalue weighted by atomic mass is 9.64. The van der Waals surface area contributed by atoms with E-state index in [1.807, 2.05) is 12.1 Å². The van der Waals surface area contributed by atoms with E-state index in [0.29, 0.717) is 11.5 Å². The first-order valence-electron chi connectivity index (χ1n) is 15.9. The molecule has 7 nitrogen and oxygen atoms in total. The monoisotopic (exact) mass is 616 g/mol. The average Bonchev–Trinajstić information content (AvgIpc) is 3.47. The fourth-order valence-corrected chi connectivity index (χ4v) is 7.26. The van der Waals surface area contributed by atoms with Crippen LogP contribution in [0.3, 0.4) is 0 Å². The molecule has 0 saturated carbocycles. The molecule has 4 aromatic rings. The maximum Gasteiger partial charge on any atom is 0.494 e. The molecule has 0 radical (unpaired) electrons. The van der Waals surface area contributed by atoms with E-state index in [9.17, 15) is 10.2 Å². The van der Waals surface area contributed by atoms with Crippen LogP contribution in [-0.4, -0.2) is 46.9 Å².